The molecule has 0 bridgehead atoms. The van der Waals surface area contributed by atoms with Crippen molar-refractivity contribution in [2.45, 2.75) is 26.8 Å². The van der Waals surface area contributed by atoms with Gasteiger partial charge in [-0.3, -0.25) is 4.79 Å². The van der Waals surface area contributed by atoms with E-state index in [1.165, 1.54) is 5.69 Å². The van der Waals surface area contributed by atoms with Crippen molar-refractivity contribution < 1.29 is 4.79 Å². The second-order valence-corrected chi connectivity index (χ2v) is 5.72. The quantitative estimate of drug-likeness (QED) is 0.865. The molecule has 1 aromatic heterocycles. The molecule has 1 amide bonds. The van der Waals surface area contributed by atoms with Crippen LogP contribution in [-0.2, 0) is 11.3 Å². The molecule has 1 aromatic carbocycles. The lowest BCUT2D eigenvalue weighted by Crippen LogP contribution is -2.51. The monoisotopic (exact) mass is 283 g/mol. The molecule has 1 aliphatic heterocycles. The highest BCUT2D eigenvalue weighted by Crippen LogP contribution is 2.24. The molecule has 1 saturated heterocycles. The lowest BCUT2D eigenvalue weighted by molar-refractivity contribution is -0.137. The maximum absolute atomic E-state index is 11.6. The van der Waals surface area contributed by atoms with Crippen LogP contribution in [0.25, 0.3) is 11.4 Å². The molecule has 4 heteroatoms. The molecule has 0 atom stereocenters. The first-order chi connectivity index (χ1) is 10.2. The minimum Gasteiger partial charge on any atom is -0.342 e. The van der Waals surface area contributed by atoms with E-state index in [2.05, 4.69) is 28.6 Å². The molecule has 1 fully saturated rings. The molecule has 0 radical (unpaired) electrons. The van der Waals surface area contributed by atoms with Gasteiger partial charge in [0, 0.05) is 49.4 Å². The van der Waals surface area contributed by atoms with Crippen molar-refractivity contribution >= 4 is 5.91 Å². The van der Waals surface area contributed by atoms with E-state index in [1.54, 1.807) is 0 Å². The number of aryl methyl sites for hydroxylation is 1. The Labute approximate surface area is 125 Å². The van der Waals surface area contributed by atoms with Crippen LogP contribution in [0.15, 0.2) is 36.5 Å². The second-order valence-electron chi connectivity index (χ2n) is 5.72. The van der Waals surface area contributed by atoms with E-state index in [9.17, 15) is 4.79 Å². The normalized spacial score (nSPS) is 15.0. The van der Waals surface area contributed by atoms with Gasteiger partial charge in [-0.2, -0.15) is 0 Å². The minimum absolute atomic E-state index is 0.261. The van der Waals surface area contributed by atoms with E-state index < -0.39 is 0 Å². The first-order valence-electron chi connectivity index (χ1n) is 7.54. The molecule has 4 nitrogen and oxygen atoms in total. The van der Waals surface area contributed by atoms with Crippen LogP contribution in [0.1, 0.15) is 19.0 Å². The number of likely N-dealkylation sites (tertiary alicyclic amines) is 1. The van der Waals surface area contributed by atoms with Crippen molar-refractivity contribution in [1.29, 1.82) is 0 Å². The molecular weight excluding hydrogens is 262 g/mol. The molecular formula is C17H21N3O. The summed E-state index contributed by atoms with van der Waals surface area (Å²) >= 11 is 0. The fourth-order valence-electron chi connectivity index (χ4n) is 2.88. The first kappa shape index (κ1) is 13.9. The van der Waals surface area contributed by atoms with E-state index in [-0.39, 0.29) is 5.91 Å². The van der Waals surface area contributed by atoms with Crippen molar-refractivity contribution in [2.24, 2.45) is 5.92 Å². The molecule has 110 valence electrons. The maximum Gasteiger partial charge on any atom is 0.222 e. The maximum atomic E-state index is 11.6. The molecule has 2 heterocycles. The summed E-state index contributed by atoms with van der Waals surface area (Å²) in [5.74, 6) is 1.82. The topological polar surface area (TPSA) is 38.1 Å². The number of amides is 1. The summed E-state index contributed by atoms with van der Waals surface area (Å²) in [6.07, 6.45) is 2.53. The summed E-state index contributed by atoms with van der Waals surface area (Å²) in [4.78, 5) is 18.1. The van der Waals surface area contributed by atoms with Gasteiger partial charge in [0.1, 0.15) is 5.82 Å². The van der Waals surface area contributed by atoms with Crippen molar-refractivity contribution in [3.63, 3.8) is 0 Å². The molecule has 1 aliphatic rings. The number of nitrogens with zero attached hydrogens (tertiary/aromatic N) is 3. The number of carbonyl (C=O) groups is 1. The number of hydrogen-bond donors (Lipinski definition) is 0. The van der Waals surface area contributed by atoms with Crippen LogP contribution in [0.5, 0.6) is 0 Å². The zero-order valence-corrected chi connectivity index (χ0v) is 12.6. The van der Waals surface area contributed by atoms with Crippen LogP contribution >= 0.6 is 0 Å². The predicted molar refractivity (Wildman–Crippen MR) is 82.8 cm³/mol. The van der Waals surface area contributed by atoms with Crippen molar-refractivity contribution in [3.8, 4) is 11.4 Å². The molecule has 21 heavy (non-hydrogen) atoms. The third kappa shape index (κ3) is 2.71. The SMILES string of the molecule is CCC(=O)N1CC(Cn2c(C)cnc2-c2ccccc2)C1. The third-order valence-electron chi connectivity index (χ3n) is 4.14. The summed E-state index contributed by atoms with van der Waals surface area (Å²) in [5, 5.41) is 0. The van der Waals surface area contributed by atoms with Crippen molar-refractivity contribution in [3.05, 3.63) is 42.2 Å². The fraction of sp³-hybridized carbons (Fsp3) is 0.412. The fourth-order valence-corrected chi connectivity index (χ4v) is 2.88. The molecule has 0 spiro atoms. The Morgan fingerprint density at radius 1 is 1.29 bits per heavy atom. The largest absolute Gasteiger partial charge is 0.342 e. The van der Waals surface area contributed by atoms with Crippen LogP contribution in [0.2, 0.25) is 0 Å². The Hall–Kier alpha value is -2.10. The predicted octanol–water partition coefficient (Wildman–Crippen LogP) is 2.73. The van der Waals surface area contributed by atoms with E-state index in [4.69, 9.17) is 0 Å². The minimum atomic E-state index is 0.261. The van der Waals surface area contributed by atoms with Crippen LogP contribution in [0, 0.1) is 12.8 Å². The summed E-state index contributed by atoms with van der Waals surface area (Å²) < 4.78 is 2.27. The molecule has 0 saturated carbocycles. The van der Waals surface area contributed by atoms with Gasteiger partial charge in [-0.15, -0.1) is 0 Å². The number of rotatable bonds is 4. The van der Waals surface area contributed by atoms with Crippen LogP contribution < -0.4 is 0 Å². The lowest BCUT2D eigenvalue weighted by Gasteiger charge is -2.39. The number of benzene rings is 1. The van der Waals surface area contributed by atoms with Crippen molar-refractivity contribution in [2.75, 3.05) is 13.1 Å². The Morgan fingerprint density at radius 2 is 2.00 bits per heavy atom. The summed E-state index contributed by atoms with van der Waals surface area (Å²) in [7, 11) is 0. The molecule has 0 N–H and O–H groups in total. The van der Waals surface area contributed by atoms with E-state index in [0.29, 0.717) is 12.3 Å². The van der Waals surface area contributed by atoms with Crippen LogP contribution in [-0.4, -0.2) is 33.4 Å². The zero-order valence-electron chi connectivity index (χ0n) is 12.6. The van der Waals surface area contributed by atoms with Gasteiger partial charge in [-0.1, -0.05) is 37.3 Å². The molecule has 3 rings (SSSR count). The third-order valence-corrected chi connectivity index (χ3v) is 4.14. The molecule has 0 unspecified atom stereocenters. The van der Waals surface area contributed by atoms with Gasteiger partial charge in [-0.05, 0) is 6.92 Å². The van der Waals surface area contributed by atoms with Gasteiger partial charge in [0.2, 0.25) is 5.91 Å². The van der Waals surface area contributed by atoms with Gasteiger partial charge in [-0.25, -0.2) is 4.98 Å². The Morgan fingerprint density at radius 3 is 2.67 bits per heavy atom. The Kier molecular flexibility index (Phi) is 3.78. The average molecular weight is 283 g/mol. The summed E-state index contributed by atoms with van der Waals surface area (Å²) in [6, 6.07) is 10.3. The van der Waals surface area contributed by atoms with Gasteiger partial charge < -0.3 is 9.47 Å². The lowest BCUT2D eigenvalue weighted by atomic mass is 9.99. The second kappa shape index (κ2) is 5.72. The van der Waals surface area contributed by atoms with Gasteiger partial charge in [0.15, 0.2) is 0 Å². The van der Waals surface area contributed by atoms with Crippen LogP contribution in [0.3, 0.4) is 0 Å². The van der Waals surface area contributed by atoms with E-state index in [0.717, 1.165) is 31.0 Å². The van der Waals surface area contributed by atoms with E-state index in [1.807, 2.05) is 36.2 Å². The number of aromatic nitrogens is 2. The van der Waals surface area contributed by atoms with Crippen LogP contribution in [0.4, 0.5) is 0 Å². The number of imidazole rings is 1. The summed E-state index contributed by atoms with van der Waals surface area (Å²) in [5.41, 5.74) is 2.32. The van der Waals surface area contributed by atoms with Gasteiger partial charge in [0.25, 0.3) is 0 Å². The highest BCUT2D eigenvalue weighted by Gasteiger charge is 2.30. The zero-order chi connectivity index (χ0) is 14.8. The van der Waals surface area contributed by atoms with Crippen molar-refractivity contribution in [1.82, 2.24) is 14.5 Å². The average Bonchev–Trinajstić information content (AvgIpc) is 2.83. The number of hydrogen-bond acceptors (Lipinski definition) is 2. The molecule has 0 aliphatic carbocycles. The highest BCUT2D eigenvalue weighted by molar-refractivity contribution is 5.76. The number of carbonyl (C=O) groups excluding carboxylic acids is 1. The highest BCUT2D eigenvalue weighted by atomic mass is 16.2. The standard InChI is InChI=1S/C17H21N3O/c1-3-16(21)19-10-14(11-19)12-20-13(2)9-18-17(20)15-7-5-4-6-8-15/h4-9,14H,3,10-12H2,1-2H3. The van der Waals surface area contributed by atoms with Gasteiger partial charge >= 0.3 is 0 Å². The van der Waals surface area contributed by atoms with E-state index >= 15 is 0 Å². The Bertz CT molecular complexity index is 627. The van der Waals surface area contributed by atoms with Gasteiger partial charge in [0.05, 0.1) is 0 Å². The summed E-state index contributed by atoms with van der Waals surface area (Å²) in [6.45, 7) is 6.69. The Balaban J connectivity index is 1.73. The first-order valence-corrected chi connectivity index (χ1v) is 7.54. The smallest absolute Gasteiger partial charge is 0.222 e. The molecule has 2 aromatic rings.